The Bertz CT molecular complexity index is 808. The Labute approximate surface area is 157 Å². The van der Waals surface area contributed by atoms with Crippen molar-refractivity contribution >= 4 is 23.7 Å². The van der Waals surface area contributed by atoms with Crippen molar-refractivity contribution in [2.75, 3.05) is 7.11 Å². The number of hydrogen-bond donors (Lipinski definition) is 2. The number of phenols is 1. The maximum absolute atomic E-state index is 12.0. The summed E-state index contributed by atoms with van der Waals surface area (Å²) in [5.41, 5.74) is 3.33. The highest BCUT2D eigenvalue weighted by molar-refractivity contribution is 6.32. The minimum Gasteiger partial charge on any atom is -0.508 e. The van der Waals surface area contributed by atoms with E-state index in [9.17, 15) is 9.90 Å². The molecule has 0 bridgehead atoms. The summed E-state index contributed by atoms with van der Waals surface area (Å²) in [7, 11) is 1.53. The van der Waals surface area contributed by atoms with Crippen LogP contribution in [-0.4, -0.2) is 30.4 Å². The number of carbonyl (C=O) groups excluding carboxylic acids is 1. The van der Waals surface area contributed by atoms with Crippen LogP contribution < -0.4 is 14.9 Å². The van der Waals surface area contributed by atoms with Gasteiger partial charge in [-0.25, -0.2) is 5.43 Å². The molecule has 6 nitrogen and oxygen atoms in total. The Morgan fingerprint density at radius 1 is 1.38 bits per heavy atom. The summed E-state index contributed by atoms with van der Waals surface area (Å²) < 4.78 is 11.1. The van der Waals surface area contributed by atoms with Crippen LogP contribution in [0.1, 0.15) is 36.2 Å². The number of halogens is 1. The van der Waals surface area contributed by atoms with Gasteiger partial charge in [0.15, 0.2) is 11.5 Å². The van der Waals surface area contributed by atoms with Gasteiger partial charge in [0.1, 0.15) is 5.75 Å². The van der Waals surface area contributed by atoms with Crippen LogP contribution >= 0.6 is 11.6 Å². The van der Waals surface area contributed by atoms with Crippen LogP contribution in [0.4, 0.5) is 0 Å². The fourth-order valence-electron chi connectivity index (χ4n) is 2.09. The third kappa shape index (κ3) is 5.13. The van der Waals surface area contributed by atoms with Gasteiger partial charge in [-0.1, -0.05) is 24.6 Å². The van der Waals surface area contributed by atoms with Gasteiger partial charge < -0.3 is 14.6 Å². The molecule has 0 heterocycles. The topological polar surface area (TPSA) is 80.2 Å². The molecule has 0 radical (unpaired) electrons. The average molecular weight is 377 g/mol. The fourth-order valence-corrected chi connectivity index (χ4v) is 2.35. The van der Waals surface area contributed by atoms with Crippen molar-refractivity contribution in [1.29, 1.82) is 0 Å². The van der Waals surface area contributed by atoms with E-state index < -0.39 is 5.91 Å². The third-order valence-electron chi connectivity index (χ3n) is 3.63. The van der Waals surface area contributed by atoms with Gasteiger partial charge in [0.25, 0.3) is 5.91 Å². The highest BCUT2D eigenvalue weighted by Crippen LogP contribution is 2.37. The Balaban J connectivity index is 2.12. The van der Waals surface area contributed by atoms with Gasteiger partial charge in [-0.2, -0.15) is 5.10 Å². The van der Waals surface area contributed by atoms with E-state index in [1.54, 1.807) is 24.3 Å². The van der Waals surface area contributed by atoms with Crippen LogP contribution in [0.2, 0.25) is 5.02 Å². The van der Waals surface area contributed by atoms with Gasteiger partial charge >= 0.3 is 0 Å². The average Bonchev–Trinajstić information content (AvgIpc) is 2.63. The minimum atomic E-state index is -0.438. The minimum absolute atomic E-state index is 0.00231. The summed E-state index contributed by atoms with van der Waals surface area (Å²) in [6.45, 7) is 3.96. The Morgan fingerprint density at radius 2 is 2.15 bits per heavy atom. The molecule has 0 aliphatic heterocycles. The molecule has 0 aliphatic carbocycles. The molecule has 26 heavy (non-hydrogen) atoms. The second-order valence-electron chi connectivity index (χ2n) is 5.62. The normalized spacial score (nSPS) is 12.0. The summed E-state index contributed by atoms with van der Waals surface area (Å²) in [6, 6.07) is 9.38. The molecule has 0 aromatic heterocycles. The highest BCUT2D eigenvalue weighted by Gasteiger charge is 2.14. The standard InChI is InChI=1S/C19H21ClN2O4/c1-4-12(2)26-18-16(20)8-13(9-17(18)25-3)11-21-22-19(24)14-6-5-7-15(23)10-14/h5-12,23H,4H2,1-3H3,(H,22,24)/b21-11+/t12-/m0/s1. The number of benzene rings is 2. The summed E-state index contributed by atoms with van der Waals surface area (Å²) >= 11 is 6.29. The number of phenolic OH excluding ortho intramolecular Hbond substituents is 1. The number of amides is 1. The van der Waals surface area contributed by atoms with Gasteiger partial charge in [0.05, 0.1) is 24.5 Å². The molecule has 0 fully saturated rings. The number of nitrogens with one attached hydrogen (secondary N) is 1. The number of hydrazone groups is 1. The second-order valence-corrected chi connectivity index (χ2v) is 6.03. The van der Waals surface area contributed by atoms with E-state index in [2.05, 4.69) is 10.5 Å². The van der Waals surface area contributed by atoms with Crippen molar-refractivity contribution in [2.45, 2.75) is 26.4 Å². The number of aromatic hydroxyl groups is 1. The summed E-state index contributed by atoms with van der Waals surface area (Å²) in [5, 5.41) is 13.7. The first-order valence-electron chi connectivity index (χ1n) is 8.11. The van der Waals surface area contributed by atoms with Crippen molar-refractivity contribution in [3.05, 3.63) is 52.5 Å². The van der Waals surface area contributed by atoms with E-state index >= 15 is 0 Å². The van der Waals surface area contributed by atoms with E-state index in [1.165, 1.54) is 25.5 Å². The van der Waals surface area contributed by atoms with E-state index in [0.717, 1.165) is 6.42 Å². The molecule has 2 N–H and O–H groups in total. The maximum atomic E-state index is 12.0. The zero-order valence-electron chi connectivity index (χ0n) is 14.8. The van der Waals surface area contributed by atoms with Crippen LogP contribution in [0.25, 0.3) is 0 Å². The predicted molar refractivity (Wildman–Crippen MR) is 102 cm³/mol. The quantitative estimate of drug-likeness (QED) is 0.565. The Morgan fingerprint density at radius 3 is 2.81 bits per heavy atom. The fraction of sp³-hybridized carbons (Fsp3) is 0.263. The van der Waals surface area contributed by atoms with E-state index in [0.29, 0.717) is 27.6 Å². The first-order valence-corrected chi connectivity index (χ1v) is 8.49. The van der Waals surface area contributed by atoms with Crippen LogP contribution in [0, 0.1) is 0 Å². The SMILES string of the molecule is CC[C@H](C)Oc1c(Cl)cc(/C=N/NC(=O)c2cccc(O)c2)cc1OC. The molecule has 1 atom stereocenters. The van der Waals surface area contributed by atoms with Gasteiger partial charge in [-0.05, 0) is 49.2 Å². The molecule has 0 unspecified atom stereocenters. The molecule has 2 aromatic rings. The predicted octanol–water partition coefficient (Wildman–Crippen LogP) is 4.00. The van der Waals surface area contributed by atoms with Gasteiger partial charge in [0, 0.05) is 5.56 Å². The number of carbonyl (C=O) groups is 1. The Kier molecular flexibility index (Phi) is 6.86. The lowest BCUT2D eigenvalue weighted by molar-refractivity contribution is 0.0954. The van der Waals surface area contributed by atoms with Crippen molar-refractivity contribution < 1.29 is 19.4 Å². The van der Waals surface area contributed by atoms with Crippen LogP contribution in [-0.2, 0) is 0 Å². The van der Waals surface area contributed by atoms with Crippen LogP contribution in [0.3, 0.4) is 0 Å². The van der Waals surface area contributed by atoms with E-state index in [-0.39, 0.29) is 11.9 Å². The smallest absolute Gasteiger partial charge is 0.271 e. The van der Waals surface area contributed by atoms with Crippen LogP contribution in [0.15, 0.2) is 41.5 Å². The monoisotopic (exact) mass is 376 g/mol. The molecule has 0 saturated heterocycles. The van der Waals surface area contributed by atoms with Crippen molar-refractivity contribution in [3.8, 4) is 17.2 Å². The molecular weight excluding hydrogens is 356 g/mol. The molecule has 2 rings (SSSR count). The molecule has 0 saturated carbocycles. The number of ether oxygens (including phenoxy) is 2. The lowest BCUT2D eigenvalue weighted by atomic mass is 10.2. The Hall–Kier alpha value is -2.73. The van der Waals surface area contributed by atoms with Crippen molar-refractivity contribution in [3.63, 3.8) is 0 Å². The van der Waals surface area contributed by atoms with Gasteiger partial charge in [-0.15, -0.1) is 0 Å². The molecule has 2 aromatic carbocycles. The van der Waals surface area contributed by atoms with E-state index in [4.69, 9.17) is 21.1 Å². The number of nitrogens with zero attached hydrogens (tertiary/aromatic N) is 1. The zero-order chi connectivity index (χ0) is 19.1. The largest absolute Gasteiger partial charge is 0.508 e. The third-order valence-corrected chi connectivity index (χ3v) is 3.91. The van der Waals surface area contributed by atoms with Crippen LogP contribution in [0.5, 0.6) is 17.2 Å². The highest BCUT2D eigenvalue weighted by atomic mass is 35.5. The molecule has 0 aliphatic rings. The lowest BCUT2D eigenvalue weighted by Gasteiger charge is -2.17. The van der Waals surface area contributed by atoms with E-state index in [1.807, 2.05) is 13.8 Å². The van der Waals surface area contributed by atoms with Gasteiger partial charge in [0.2, 0.25) is 0 Å². The zero-order valence-corrected chi connectivity index (χ0v) is 15.6. The molecular formula is C19H21ClN2O4. The number of methoxy groups -OCH3 is 1. The summed E-state index contributed by atoms with van der Waals surface area (Å²) in [6.07, 6.45) is 2.29. The molecule has 7 heteroatoms. The summed E-state index contributed by atoms with van der Waals surface area (Å²) in [5.74, 6) is 0.532. The number of rotatable bonds is 7. The summed E-state index contributed by atoms with van der Waals surface area (Å²) in [4.78, 5) is 12.0. The first-order chi connectivity index (χ1) is 12.4. The second kappa shape index (κ2) is 9.10. The lowest BCUT2D eigenvalue weighted by Crippen LogP contribution is -2.17. The van der Waals surface area contributed by atoms with Crippen molar-refractivity contribution in [1.82, 2.24) is 5.43 Å². The molecule has 1 amide bonds. The molecule has 138 valence electrons. The maximum Gasteiger partial charge on any atom is 0.271 e. The first kappa shape index (κ1) is 19.6. The number of hydrogen-bond acceptors (Lipinski definition) is 5. The van der Waals surface area contributed by atoms with Crippen molar-refractivity contribution in [2.24, 2.45) is 5.10 Å². The van der Waals surface area contributed by atoms with Gasteiger partial charge in [-0.3, -0.25) is 4.79 Å². The molecule has 0 spiro atoms.